The quantitative estimate of drug-likeness (QED) is 0.792. The van der Waals surface area contributed by atoms with Gasteiger partial charge in [-0.3, -0.25) is 9.36 Å². The van der Waals surface area contributed by atoms with Crippen LogP contribution in [0.2, 0.25) is 5.02 Å². The molecule has 5 heteroatoms. The summed E-state index contributed by atoms with van der Waals surface area (Å²) in [4.78, 5) is 16.6. The van der Waals surface area contributed by atoms with Gasteiger partial charge in [-0.15, -0.1) is 0 Å². The number of rotatable bonds is 3. The lowest BCUT2D eigenvalue weighted by molar-refractivity contribution is 0.102. The van der Waals surface area contributed by atoms with Crippen LogP contribution in [-0.4, -0.2) is 15.5 Å². The number of benzene rings is 2. The molecule has 1 amide bonds. The van der Waals surface area contributed by atoms with Crippen LogP contribution in [0.5, 0.6) is 0 Å². The second-order valence-corrected chi connectivity index (χ2v) is 5.26. The second kappa shape index (κ2) is 6.03. The molecule has 0 radical (unpaired) electrons. The Morgan fingerprint density at radius 1 is 1.14 bits per heavy atom. The Bertz CT molecular complexity index is 812. The molecule has 3 rings (SSSR count). The maximum atomic E-state index is 12.5. The van der Waals surface area contributed by atoms with Gasteiger partial charge in [-0.1, -0.05) is 35.9 Å². The van der Waals surface area contributed by atoms with Gasteiger partial charge in [0.05, 0.1) is 12.5 Å². The molecular weight excluding hydrogens is 298 g/mol. The van der Waals surface area contributed by atoms with E-state index in [9.17, 15) is 4.79 Å². The van der Waals surface area contributed by atoms with Gasteiger partial charge in [-0.25, -0.2) is 4.98 Å². The first-order valence-electron chi connectivity index (χ1n) is 6.81. The van der Waals surface area contributed by atoms with Crippen LogP contribution in [0.1, 0.15) is 16.1 Å². The van der Waals surface area contributed by atoms with Crippen molar-refractivity contribution in [1.82, 2.24) is 9.55 Å². The van der Waals surface area contributed by atoms with E-state index in [2.05, 4.69) is 10.3 Å². The molecule has 0 fully saturated rings. The van der Waals surface area contributed by atoms with Gasteiger partial charge in [0.25, 0.3) is 5.91 Å². The van der Waals surface area contributed by atoms with Crippen LogP contribution in [0, 0.1) is 6.92 Å². The predicted octanol–water partition coefficient (Wildman–Crippen LogP) is 4.09. The van der Waals surface area contributed by atoms with Crippen LogP contribution in [0.3, 0.4) is 0 Å². The molecule has 2 aromatic carbocycles. The summed E-state index contributed by atoms with van der Waals surface area (Å²) in [5.41, 5.74) is 2.88. The maximum absolute atomic E-state index is 12.5. The smallest absolute Gasteiger partial charge is 0.274 e. The molecule has 110 valence electrons. The standard InChI is InChI=1S/C17H14ClN3O/c1-12-14(18)8-5-9-15(12)20-17(22)16-10-19-11-21(16)13-6-3-2-4-7-13/h2-11H,1H3,(H,20,22). The molecule has 22 heavy (non-hydrogen) atoms. The number of hydrogen-bond acceptors (Lipinski definition) is 2. The third-order valence-electron chi connectivity index (χ3n) is 3.42. The van der Waals surface area contributed by atoms with Gasteiger partial charge in [-0.05, 0) is 36.8 Å². The number of aromatic nitrogens is 2. The summed E-state index contributed by atoms with van der Waals surface area (Å²) in [6.07, 6.45) is 3.16. The molecule has 1 aromatic heterocycles. The summed E-state index contributed by atoms with van der Waals surface area (Å²) in [5, 5.41) is 3.50. The Kier molecular flexibility index (Phi) is 3.94. The van der Waals surface area contributed by atoms with Gasteiger partial charge < -0.3 is 5.32 Å². The van der Waals surface area contributed by atoms with Crippen molar-refractivity contribution >= 4 is 23.2 Å². The highest BCUT2D eigenvalue weighted by atomic mass is 35.5. The van der Waals surface area contributed by atoms with E-state index < -0.39 is 0 Å². The maximum Gasteiger partial charge on any atom is 0.274 e. The van der Waals surface area contributed by atoms with Crippen LogP contribution in [0.25, 0.3) is 5.69 Å². The summed E-state index contributed by atoms with van der Waals surface area (Å²) in [6, 6.07) is 15.0. The van der Waals surface area contributed by atoms with E-state index in [1.165, 1.54) is 0 Å². The number of para-hydroxylation sites is 1. The normalized spacial score (nSPS) is 10.5. The van der Waals surface area contributed by atoms with Crippen molar-refractivity contribution in [3.63, 3.8) is 0 Å². The zero-order valence-corrected chi connectivity index (χ0v) is 12.7. The topological polar surface area (TPSA) is 46.9 Å². The van der Waals surface area contributed by atoms with E-state index in [1.54, 1.807) is 29.2 Å². The van der Waals surface area contributed by atoms with Crippen molar-refractivity contribution < 1.29 is 4.79 Å². The summed E-state index contributed by atoms with van der Waals surface area (Å²) in [5.74, 6) is -0.230. The molecule has 0 aliphatic carbocycles. The third-order valence-corrected chi connectivity index (χ3v) is 3.83. The Balaban J connectivity index is 1.91. The average Bonchev–Trinajstić information content (AvgIpc) is 3.02. The predicted molar refractivity (Wildman–Crippen MR) is 87.7 cm³/mol. The second-order valence-electron chi connectivity index (χ2n) is 4.85. The van der Waals surface area contributed by atoms with Crippen molar-refractivity contribution in [2.24, 2.45) is 0 Å². The number of nitrogens with zero attached hydrogens (tertiary/aromatic N) is 2. The van der Waals surface area contributed by atoms with E-state index in [-0.39, 0.29) is 5.91 Å². The van der Waals surface area contributed by atoms with Crippen LogP contribution in [0.15, 0.2) is 61.1 Å². The molecule has 4 nitrogen and oxygen atoms in total. The molecule has 3 aromatic rings. The highest BCUT2D eigenvalue weighted by molar-refractivity contribution is 6.31. The highest BCUT2D eigenvalue weighted by Gasteiger charge is 2.14. The lowest BCUT2D eigenvalue weighted by atomic mass is 10.2. The van der Waals surface area contributed by atoms with Crippen molar-refractivity contribution in [1.29, 1.82) is 0 Å². The van der Waals surface area contributed by atoms with Crippen molar-refractivity contribution in [2.75, 3.05) is 5.32 Å². The Morgan fingerprint density at radius 3 is 2.68 bits per heavy atom. The van der Waals surface area contributed by atoms with Crippen LogP contribution in [-0.2, 0) is 0 Å². The number of imidazole rings is 1. The molecule has 0 saturated carbocycles. The van der Waals surface area contributed by atoms with E-state index >= 15 is 0 Å². The summed E-state index contributed by atoms with van der Waals surface area (Å²) in [6.45, 7) is 1.87. The van der Waals surface area contributed by atoms with Crippen molar-refractivity contribution in [3.05, 3.63) is 77.3 Å². The fourth-order valence-corrected chi connectivity index (χ4v) is 2.36. The SMILES string of the molecule is Cc1c(Cl)cccc1NC(=O)c1cncn1-c1ccccc1. The number of anilines is 1. The molecule has 0 unspecified atom stereocenters. The van der Waals surface area contributed by atoms with Gasteiger partial charge in [0.15, 0.2) is 0 Å². The minimum absolute atomic E-state index is 0.230. The van der Waals surface area contributed by atoms with Gasteiger partial charge in [-0.2, -0.15) is 0 Å². The van der Waals surface area contributed by atoms with E-state index in [4.69, 9.17) is 11.6 Å². The Morgan fingerprint density at radius 2 is 1.91 bits per heavy atom. The van der Waals surface area contributed by atoms with Crippen LogP contribution in [0.4, 0.5) is 5.69 Å². The zero-order chi connectivity index (χ0) is 15.5. The number of hydrogen-bond donors (Lipinski definition) is 1. The lowest BCUT2D eigenvalue weighted by Gasteiger charge is -2.11. The molecule has 0 atom stereocenters. The monoisotopic (exact) mass is 311 g/mol. The largest absolute Gasteiger partial charge is 0.320 e. The first-order chi connectivity index (χ1) is 10.7. The van der Waals surface area contributed by atoms with Crippen molar-refractivity contribution in [3.8, 4) is 5.69 Å². The van der Waals surface area contributed by atoms with Crippen molar-refractivity contribution in [2.45, 2.75) is 6.92 Å². The number of carbonyl (C=O) groups excluding carboxylic acids is 1. The average molecular weight is 312 g/mol. The number of carbonyl (C=O) groups is 1. The summed E-state index contributed by atoms with van der Waals surface area (Å²) < 4.78 is 1.75. The van der Waals surface area contributed by atoms with Gasteiger partial charge in [0.2, 0.25) is 0 Å². The Labute approximate surface area is 133 Å². The Hall–Kier alpha value is -2.59. The molecule has 0 aliphatic heterocycles. The number of nitrogens with one attached hydrogen (secondary N) is 1. The molecule has 0 spiro atoms. The first kappa shape index (κ1) is 14.4. The highest BCUT2D eigenvalue weighted by Crippen LogP contribution is 2.23. The molecule has 1 N–H and O–H groups in total. The van der Waals surface area contributed by atoms with Crippen LogP contribution < -0.4 is 5.32 Å². The fourth-order valence-electron chi connectivity index (χ4n) is 2.19. The molecule has 0 bridgehead atoms. The zero-order valence-electron chi connectivity index (χ0n) is 12.0. The van der Waals surface area contributed by atoms with Gasteiger partial charge >= 0.3 is 0 Å². The van der Waals surface area contributed by atoms with E-state index in [1.807, 2.05) is 43.3 Å². The third kappa shape index (κ3) is 2.73. The lowest BCUT2D eigenvalue weighted by Crippen LogP contribution is -2.16. The molecule has 1 heterocycles. The number of amides is 1. The summed E-state index contributed by atoms with van der Waals surface area (Å²) >= 11 is 6.08. The van der Waals surface area contributed by atoms with E-state index in [0.29, 0.717) is 16.4 Å². The fraction of sp³-hybridized carbons (Fsp3) is 0.0588. The minimum Gasteiger partial charge on any atom is -0.320 e. The van der Waals surface area contributed by atoms with E-state index in [0.717, 1.165) is 11.3 Å². The molecule has 0 aliphatic rings. The first-order valence-corrected chi connectivity index (χ1v) is 7.19. The summed E-state index contributed by atoms with van der Waals surface area (Å²) in [7, 11) is 0. The minimum atomic E-state index is -0.230. The van der Waals surface area contributed by atoms with Gasteiger partial charge in [0, 0.05) is 16.4 Å². The van der Waals surface area contributed by atoms with Crippen LogP contribution >= 0.6 is 11.6 Å². The molecule has 0 saturated heterocycles. The molecular formula is C17H14ClN3O. The van der Waals surface area contributed by atoms with Gasteiger partial charge in [0.1, 0.15) is 5.69 Å². The number of halogens is 1.